The maximum atomic E-state index is 5.78. The third-order valence-corrected chi connectivity index (χ3v) is 3.53. The molecule has 0 saturated heterocycles. The molecule has 0 unspecified atom stereocenters. The molecule has 0 atom stereocenters. The first-order valence-corrected chi connectivity index (χ1v) is 7.06. The third-order valence-electron chi connectivity index (χ3n) is 3.34. The van der Waals surface area contributed by atoms with Gasteiger partial charge in [0, 0.05) is 25.6 Å². The molecule has 16 heavy (non-hydrogen) atoms. The van der Waals surface area contributed by atoms with Crippen LogP contribution in [-0.2, 0) is 4.74 Å². The summed E-state index contributed by atoms with van der Waals surface area (Å²) in [7, 11) is 0. The molecule has 0 aliphatic heterocycles. The Morgan fingerprint density at radius 1 is 1.31 bits per heavy atom. The smallest absolute Gasteiger partial charge is 0.0590 e. The lowest BCUT2D eigenvalue weighted by molar-refractivity contribution is 0.124. The Morgan fingerprint density at radius 2 is 2.06 bits per heavy atom. The predicted octanol–water partition coefficient (Wildman–Crippen LogP) is 3.05. The van der Waals surface area contributed by atoms with Crippen LogP contribution in [0.2, 0.25) is 0 Å². The van der Waals surface area contributed by atoms with E-state index in [2.05, 4.69) is 19.2 Å². The molecule has 1 fully saturated rings. The van der Waals surface area contributed by atoms with Crippen molar-refractivity contribution < 1.29 is 4.74 Å². The second-order valence-corrected chi connectivity index (χ2v) is 5.79. The summed E-state index contributed by atoms with van der Waals surface area (Å²) < 4.78 is 5.55. The molecule has 0 spiro atoms. The average Bonchev–Trinajstić information content (AvgIpc) is 2.97. The zero-order valence-corrected chi connectivity index (χ0v) is 11.5. The van der Waals surface area contributed by atoms with Crippen LogP contribution in [0.15, 0.2) is 0 Å². The molecule has 96 valence electrons. The van der Waals surface area contributed by atoms with Gasteiger partial charge in [-0.3, -0.25) is 0 Å². The molecule has 2 nitrogen and oxygen atoms in total. The van der Waals surface area contributed by atoms with E-state index in [1.807, 2.05) is 0 Å². The predicted molar refractivity (Wildman–Crippen MR) is 70.1 cm³/mol. The van der Waals surface area contributed by atoms with Gasteiger partial charge in [-0.15, -0.1) is 11.6 Å². The molecule has 0 heterocycles. The molecule has 0 radical (unpaired) electrons. The summed E-state index contributed by atoms with van der Waals surface area (Å²) in [6.07, 6.45) is 5.02. The highest BCUT2D eigenvalue weighted by molar-refractivity contribution is 6.17. The van der Waals surface area contributed by atoms with Gasteiger partial charge in [-0.2, -0.15) is 0 Å². The first-order valence-electron chi connectivity index (χ1n) is 6.53. The van der Waals surface area contributed by atoms with Crippen molar-refractivity contribution >= 4 is 11.6 Å². The molecule has 1 aliphatic rings. The van der Waals surface area contributed by atoms with Gasteiger partial charge >= 0.3 is 0 Å². The highest BCUT2D eigenvalue weighted by Crippen LogP contribution is 2.48. The fourth-order valence-electron chi connectivity index (χ4n) is 1.81. The van der Waals surface area contributed by atoms with Gasteiger partial charge in [0.15, 0.2) is 0 Å². The molecule has 0 aromatic heterocycles. The van der Waals surface area contributed by atoms with E-state index in [0.717, 1.165) is 50.9 Å². The molecule has 0 aromatic rings. The summed E-state index contributed by atoms with van der Waals surface area (Å²) in [5.74, 6) is 1.54. The Labute approximate surface area is 105 Å². The number of alkyl halides is 1. The summed E-state index contributed by atoms with van der Waals surface area (Å²) in [5, 5.41) is 3.48. The second kappa shape index (κ2) is 7.52. The quantitative estimate of drug-likeness (QED) is 0.473. The third kappa shape index (κ3) is 6.07. The van der Waals surface area contributed by atoms with Crippen LogP contribution in [0, 0.1) is 11.3 Å². The topological polar surface area (TPSA) is 21.3 Å². The summed E-state index contributed by atoms with van der Waals surface area (Å²) in [4.78, 5) is 0. The Hall–Kier alpha value is 0.210. The van der Waals surface area contributed by atoms with Crippen molar-refractivity contribution in [2.75, 3.05) is 32.2 Å². The minimum Gasteiger partial charge on any atom is -0.380 e. The number of halogens is 1. The maximum Gasteiger partial charge on any atom is 0.0590 e. The summed E-state index contributed by atoms with van der Waals surface area (Å²) in [6.45, 7) is 8.28. The lowest BCUT2D eigenvalue weighted by Gasteiger charge is -2.14. The number of hydrogen-bond acceptors (Lipinski definition) is 2. The zero-order chi connectivity index (χ0) is 11.9. The minimum absolute atomic E-state index is 0.541. The maximum absolute atomic E-state index is 5.78. The van der Waals surface area contributed by atoms with Gasteiger partial charge in [0.05, 0.1) is 6.61 Å². The van der Waals surface area contributed by atoms with Gasteiger partial charge in [-0.25, -0.2) is 0 Å². The Bertz CT molecular complexity index is 181. The molecule has 1 rings (SSSR count). The van der Waals surface area contributed by atoms with Crippen LogP contribution < -0.4 is 5.32 Å². The van der Waals surface area contributed by atoms with Crippen LogP contribution in [0.1, 0.15) is 39.5 Å². The van der Waals surface area contributed by atoms with E-state index in [0.29, 0.717) is 5.41 Å². The van der Waals surface area contributed by atoms with E-state index in [1.54, 1.807) is 0 Å². The minimum atomic E-state index is 0.541. The first-order chi connectivity index (χ1) is 7.68. The van der Waals surface area contributed by atoms with E-state index in [4.69, 9.17) is 16.3 Å². The SMILES string of the molecule is CC(C)CCOCCNCC1(CCCl)CC1. The molecule has 0 amide bonds. The Kier molecular flexibility index (Phi) is 6.71. The van der Waals surface area contributed by atoms with Crippen LogP contribution in [0.25, 0.3) is 0 Å². The first kappa shape index (κ1) is 14.3. The number of nitrogens with one attached hydrogen (secondary N) is 1. The molecule has 1 saturated carbocycles. The van der Waals surface area contributed by atoms with Crippen LogP contribution in [0.5, 0.6) is 0 Å². The lowest BCUT2D eigenvalue weighted by atomic mass is 10.0. The van der Waals surface area contributed by atoms with Crippen molar-refractivity contribution in [2.24, 2.45) is 11.3 Å². The highest BCUT2D eigenvalue weighted by Gasteiger charge is 2.40. The van der Waals surface area contributed by atoms with E-state index in [9.17, 15) is 0 Å². The largest absolute Gasteiger partial charge is 0.380 e. The fraction of sp³-hybridized carbons (Fsp3) is 1.00. The lowest BCUT2D eigenvalue weighted by Crippen LogP contribution is -2.27. The van der Waals surface area contributed by atoms with Crippen LogP contribution in [-0.4, -0.2) is 32.2 Å². The van der Waals surface area contributed by atoms with Crippen molar-refractivity contribution in [3.8, 4) is 0 Å². The van der Waals surface area contributed by atoms with Crippen molar-refractivity contribution in [3.63, 3.8) is 0 Å². The summed E-state index contributed by atoms with van der Waals surface area (Å²) in [5.41, 5.74) is 0.541. The zero-order valence-electron chi connectivity index (χ0n) is 10.7. The van der Waals surface area contributed by atoms with E-state index >= 15 is 0 Å². The number of hydrogen-bond donors (Lipinski definition) is 1. The second-order valence-electron chi connectivity index (χ2n) is 5.41. The Morgan fingerprint density at radius 3 is 2.62 bits per heavy atom. The van der Waals surface area contributed by atoms with E-state index in [1.165, 1.54) is 12.8 Å². The molecule has 0 aromatic carbocycles. The fourth-order valence-corrected chi connectivity index (χ4v) is 2.21. The monoisotopic (exact) mass is 247 g/mol. The number of rotatable bonds is 10. The van der Waals surface area contributed by atoms with Gasteiger partial charge in [0.2, 0.25) is 0 Å². The van der Waals surface area contributed by atoms with Crippen LogP contribution >= 0.6 is 11.6 Å². The molecule has 1 N–H and O–H groups in total. The molecule has 1 aliphatic carbocycles. The van der Waals surface area contributed by atoms with Gasteiger partial charge in [0.1, 0.15) is 0 Å². The van der Waals surface area contributed by atoms with Crippen molar-refractivity contribution in [2.45, 2.75) is 39.5 Å². The summed E-state index contributed by atoms with van der Waals surface area (Å²) >= 11 is 5.78. The Balaban J connectivity index is 1.85. The van der Waals surface area contributed by atoms with Crippen molar-refractivity contribution in [1.82, 2.24) is 5.32 Å². The van der Waals surface area contributed by atoms with E-state index in [-0.39, 0.29) is 0 Å². The highest BCUT2D eigenvalue weighted by atomic mass is 35.5. The molecular formula is C13H26ClNO. The van der Waals surface area contributed by atoms with Gasteiger partial charge < -0.3 is 10.1 Å². The molecule has 0 bridgehead atoms. The molecule has 3 heteroatoms. The van der Waals surface area contributed by atoms with Crippen LogP contribution in [0.4, 0.5) is 0 Å². The van der Waals surface area contributed by atoms with Crippen LogP contribution in [0.3, 0.4) is 0 Å². The van der Waals surface area contributed by atoms with Gasteiger partial charge in [0.25, 0.3) is 0 Å². The van der Waals surface area contributed by atoms with Crippen molar-refractivity contribution in [3.05, 3.63) is 0 Å². The number of ether oxygens (including phenoxy) is 1. The van der Waals surface area contributed by atoms with Gasteiger partial charge in [-0.1, -0.05) is 13.8 Å². The standard InChI is InChI=1S/C13H26ClNO/c1-12(2)3-9-16-10-8-15-11-13(4-5-13)6-7-14/h12,15H,3-11H2,1-2H3. The normalized spacial score (nSPS) is 18.0. The van der Waals surface area contributed by atoms with E-state index < -0.39 is 0 Å². The molecular weight excluding hydrogens is 222 g/mol. The average molecular weight is 248 g/mol. The van der Waals surface area contributed by atoms with Gasteiger partial charge in [-0.05, 0) is 37.0 Å². The van der Waals surface area contributed by atoms with Crippen molar-refractivity contribution in [1.29, 1.82) is 0 Å². The summed E-state index contributed by atoms with van der Waals surface area (Å²) in [6, 6.07) is 0.